The molecule has 0 aromatic rings. The molecule has 7 heteroatoms. The van der Waals surface area contributed by atoms with Gasteiger partial charge in [0, 0.05) is 0 Å². The number of halogens is 1. The van der Waals surface area contributed by atoms with E-state index in [2.05, 4.69) is 20.8 Å². The molecule has 0 amide bonds. The molecule has 1 unspecified atom stereocenters. The summed E-state index contributed by atoms with van der Waals surface area (Å²) in [4.78, 5) is 23.3. The molecule has 0 N–H and O–H groups in total. The van der Waals surface area contributed by atoms with Crippen LogP contribution >= 0.6 is 11.8 Å². The average Bonchev–Trinajstić information content (AvgIpc) is 2.89. The van der Waals surface area contributed by atoms with Crippen LogP contribution in [0.3, 0.4) is 0 Å². The molecule has 0 bridgehead atoms. The molecule has 5 atom stereocenters. The van der Waals surface area contributed by atoms with E-state index in [1.807, 2.05) is 0 Å². The molecule has 2 fully saturated rings. The number of hydrogen-bond acceptors (Lipinski definition) is 6. The first-order valence-corrected chi connectivity index (χ1v) is 11.7. The fraction of sp³-hybridized carbons (Fsp3) is 0.875. The fourth-order valence-corrected chi connectivity index (χ4v) is 7.18. The molecule has 1 aliphatic heterocycles. The average molecular weight is 457 g/mol. The molecule has 1 heterocycles. The minimum atomic E-state index is -0.672. The molecular weight excluding hydrogens is 431 g/mol. The Bertz CT molecular complexity index is 431. The molecule has 0 radical (unpaired) electrons. The monoisotopic (exact) mass is 457 g/mol. The number of alkyl halides is 2. The summed E-state index contributed by atoms with van der Waals surface area (Å²) in [5.74, 6) is 0.364. The normalized spacial score (nSPS) is 34.6. The van der Waals surface area contributed by atoms with Crippen molar-refractivity contribution >= 4 is 23.7 Å². The van der Waals surface area contributed by atoms with Crippen molar-refractivity contribution in [3.05, 3.63) is 0 Å². The molecule has 1 saturated carbocycles. The third kappa shape index (κ3) is 6.08. The number of thioether (sulfide) groups is 1. The Hall–Kier alpha value is -0.0200. The van der Waals surface area contributed by atoms with Crippen LogP contribution < -0.4 is 21.2 Å². The van der Waals surface area contributed by atoms with Crippen LogP contribution in [0.4, 0.5) is 0 Å². The van der Waals surface area contributed by atoms with Crippen molar-refractivity contribution in [2.75, 3.05) is 5.75 Å². The van der Waals surface area contributed by atoms with Crippen LogP contribution in [0.1, 0.15) is 47.0 Å². The number of rotatable bonds is 5. The second kappa shape index (κ2) is 8.89. The van der Waals surface area contributed by atoms with Gasteiger partial charge in [0.2, 0.25) is 0 Å². The third-order valence-electron chi connectivity index (χ3n) is 3.80. The van der Waals surface area contributed by atoms with Gasteiger partial charge in [-0.15, -0.1) is 0 Å². The van der Waals surface area contributed by atoms with E-state index in [0.717, 1.165) is 6.42 Å². The Kier molecular flexibility index (Phi) is 7.47. The molecule has 23 heavy (non-hydrogen) atoms. The van der Waals surface area contributed by atoms with Gasteiger partial charge in [-0.3, -0.25) is 0 Å². The summed E-state index contributed by atoms with van der Waals surface area (Å²) in [6, 6.07) is 0. The van der Waals surface area contributed by atoms with E-state index in [-0.39, 0.29) is 33.3 Å². The van der Waals surface area contributed by atoms with Crippen LogP contribution in [0.25, 0.3) is 0 Å². The van der Waals surface area contributed by atoms with E-state index in [9.17, 15) is 9.59 Å². The van der Waals surface area contributed by atoms with Gasteiger partial charge in [-0.25, -0.2) is 0 Å². The number of hydrogen-bond donors (Lipinski definition) is 0. The SMILES string of the molecule is CC(=O)O[C@H]1CS[C@@H](C(=O)O[C@@H]2C[C@H](C)CCC2[I-]C(C)C)O1. The van der Waals surface area contributed by atoms with Crippen LogP contribution in [0, 0.1) is 5.92 Å². The predicted octanol–water partition coefficient (Wildman–Crippen LogP) is -0.437. The summed E-state index contributed by atoms with van der Waals surface area (Å²) in [5.41, 5.74) is -0.672. The van der Waals surface area contributed by atoms with Crippen molar-refractivity contribution in [1.29, 1.82) is 0 Å². The summed E-state index contributed by atoms with van der Waals surface area (Å²) >= 11 is 1.36. The van der Waals surface area contributed by atoms with Gasteiger partial charge in [-0.05, 0) is 0 Å². The van der Waals surface area contributed by atoms with Crippen molar-refractivity contribution in [1.82, 2.24) is 0 Å². The number of carbonyl (C=O) groups is 2. The fourth-order valence-electron chi connectivity index (χ4n) is 2.84. The standard InChI is InChI=1S/C16H26IO5S/c1-9(2)17-12-6-5-10(3)7-13(12)21-15(19)16-22-14(8-23-16)20-11(4)18/h9-10,12-14,16H,5-8H2,1-4H3/q-1/t10-,12?,13-,14-,16+/m1/s1. The predicted molar refractivity (Wildman–Crippen MR) is 84.7 cm³/mol. The van der Waals surface area contributed by atoms with Crippen molar-refractivity contribution in [2.45, 2.75) is 72.6 Å². The first-order valence-electron chi connectivity index (χ1n) is 8.12. The summed E-state index contributed by atoms with van der Waals surface area (Å²) in [7, 11) is 0. The van der Waals surface area contributed by atoms with Gasteiger partial charge in [0.1, 0.15) is 0 Å². The van der Waals surface area contributed by atoms with Crippen LogP contribution in [0.2, 0.25) is 0 Å². The van der Waals surface area contributed by atoms with Crippen molar-refractivity contribution in [2.24, 2.45) is 5.92 Å². The number of carbonyl (C=O) groups excluding carboxylic acids is 2. The van der Waals surface area contributed by atoms with Gasteiger partial charge >= 0.3 is 153 Å². The van der Waals surface area contributed by atoms with Gasteiger partial charge in [-0.1, -0.05) is 0 Å². The Morgan fingerprint density at radius 2 is 2.00 bits per heavy atom. The van der Waals surface area contributed by atoms with E-state index < -0.39 is 17.7 Å². The second-order valence-corrected chi connectivity index (χ2v) is 12.3. The number of esters is 2. The first kappa shape index (κ1) is 19.3. The van der Waals surface area contributed by atoms with Gasteiger partial charge in [0.25, 0.3) is 0 Å². The molecule has 2 aliphatic rings. The van der Waals surface area contributed by atoms with Crippen LogP contribution in [0.5, 0.6) is 0 Å². The molecule has 134 valence electrons. The van der Waals surface area contributed by atoms with E-state index in [0.29, 0.717) is 19.5 Å². The van der Waals surface area contributed by atoms with Crippen LogP contribution in [-0.2, 0) is 23.8 Å². The zero-order valence-electron chi connectivity index (χ0n) is 14.1. The van der Waals surface area contributed by atoms with Crippen LogP contribution in [0.15, 0.2) is 0 Å². The summed E-state index contributed by atoms with van der Waals surface area (Å²) < 4.78 is 17.5. The van der Waals surface area contributed by atoms with Gasteiger partial charge in [-0.2, -0.15) is 0 Å². The Morgan fingerprint density at radius 1 is 1.26 bits per heavy atom. The quantitative estimate of drug-likeness (QED) is 0.317. The molecule has 0 aromatic carbocycles. The molecule has 0 spiro atoms. The first-order chi connectivity index (χ1) is 10.8. The van der Waals surface area contributed by atoms with Gasteiger partial charge in [0.15, 0.2) is 0 Å². The van der Waals surface area contributed by atoms with E-state index in [4.69, 9.17) is 14.2 Å². The third-order valence-corrected chi connectivity index (χ3v) is 8.66. The topological polar surface area (TPSA) is 61.8 Å². The van der Waals surface area contributed by atoms with Crippen molar-refractivity contribution < 1.29 is 45.0 Å². The summed E-state index contributed by atoms with van der Waals surface area (Å²) in [5, 5.41) is 0. The summed E-state index contributed by atoms with van der Waals surface area (Å²) in [6.07, 6.45) is 2.74. The molecular formula is C16H26IO5S-. The zero-order valence-corrected chi connectivity index (χ0v) is 17.1. The summed E-state index contributed by atoms with van der Waals surface area (Å²) in [6.45, 7) is 8.07. The molecule has 1 aliphatic carbocycles. The molecule has 1 saturated heterocycles. The van der Waals surface area contributed by atoms with E-state index in [1.54, 1.807) is 0 Å². The zero-order chi connectivity index (χ0) is 17.0. The Balaban J connectivity index is 1.88. The molecule has 0 aromatic heterocycles. The van der Waals surface area contributed by atoms with E-state index >= 15 is 0 Å². The molecule has 2 rings (SSSR count). The van der Waals surface area contributed by atoms with Gasteiger partial charge < -0.3 is 0 Å². The maximum atomic E-state index is 12.4. The second-order valence-electron chi connectivity index (χ2n) is 6.39. The van der Waals surface area contributed by atoms with Crippen LogP contribution in [-0.4, -0.2) is 43.4 Å². The Labute approximate surface area is 152 Å². The van der Waals surface area contributed by atoms with Gasteiger partial charge in [0.05, 0.1) is 0 Å². The van der Waals surface area contributed by atoms with Crippen molar-refractivity contribution in [3.8, 4) is 0 Å². The maximum absolute atomic E-state index is 12.4. The van der Waals surface area contributed by atoms with E-state index in [1.165, 1.54) is 31.5 Å². The minimum absolute atomic E-state index is 0.0240. The Morgan fingerprint density at radius 3 is 2.65 bits per heavy atom. The molecule has 5 nitrogen and oxygen atoms in total. The number of ether oxygens (including phenoxy) is 3. The van der Waals surface area contributed by atoms with Crippen molar-refractivity contribution in [3.63, 3.8) is 0 Å².